The Morgan fingerprint density at radius 2 is 0.957 bits per heavy atom. The molecule has 5 heteroatoms. The SMILES string of the molecule is Sc1cccc2cccnc12.Sc1cccc2cccnc12.[Zn]. The van der Waals surface area contributed by atoms with Crippen LogP contribution in [0.15, 0.2) is 82.8 Å². The molecule has 2 aromatic carbocycles. The Kier molecular flexibility index (Phi) is 6.58. The van der Waals surface area contributed by atoms with Crippen LogP contribution in [0.2, 0.25) is 0 Å². The predicted octanol–water partition coefficient (Wildman–Crippen LogP) is 5.04. The molecule has 23 heavy (non-hydrogen) atoms. The number of para-hydroxylation sites is 2. The van der Waals surface area contributed by atoms with E-state index in [1.54, 1.807) is 12.4 Å². The first-order chi connectivity index (χ1) is 10.8. The normalized spacial score (nSPS) is 9.83. The number of hydrogen-bond acceptors (Lipinski definition) is 4. The van der Waals surface area contributed by atoms with Crippen LogP contribution in [0.1, 0.15) is 0 Å². The molecule has 2 nitrogen and oxygen atoms in total. The van der Waals surface area contributed by atoms with E-state index in [0.717, 1.165) is 31.6 Å². The van der Waals surface area contributed by atoms with Crippen LogP contribution >= 0.6 is 25.3 Å². The molecular formula is C18H14N2S2Zn. The minimum Gasteiger partial charge on any atom is -0.255 e. The van der Waals surface area contributed by atoms with Gasteiger partial charge in [-0.1, -0.05) is 36.4 Å². The molecule has 4 rings (SSSR count). The van der Waals surface area contributed by atoms with Crippen LogP contribution in [-0.2, 0) is 19.5 Å². The molecule has 0 aliphatic heterocycles. The second-order valence-electron chi connectivity index (χ2n) is 4.70. The van der Waals surface area contributed by atoms with Crippen molar-refractivity contribution < 1.29 is 19.5 Å². The van der Waals surface area contributed by atoms with Crippen LogP contribution in [0.25, 0.3) is 21.8 Å². The van der Waals surface area contributed by atoms with Crippen molar-refractivity contribution in [3.05, 3.63) is 73.1 Å². The molecule has 0 saturated carbocycles. The summed E-state index contributed by atoms with van der Waals surface area (Å²) in [4.78, 5) is 10.3. The second-order valence-corrected chi connectivity index (χ2v) is 5.67. The maximum Gasteiger partial charge on any atom is 0.0835 e. The molecule has 0 aliphatic carbocycles. The van der Waals surface area contributed by atoms with Gasteiger partial charge in [0, 0.05) is 52.4 Å². The van der Waals surface area contributed by atoms with Crippen LogP contribution < -0.4 is 0 Å². The van der Waals surface area contributed by atoms with Crippen LogP contribution in [0.4, 0.5) is 0 Å². The molecule has 0 unspecified atom stereocenters. The summed E-state index contributed by atoms with van der Waals surface area (Å²) in [6.45, 7) is 0. The molecule has 2 heterocycles. The zero-order valence-electron chi connectivity index (χ0n) is 12.4. The molecule has 0 atom stereocenters. The van der Waals surface area contributed by atoms with Gasteiger partial charge in [-0.05, 0) is 24.3 Å². The average Bonchev–Trinajstić information content (AvgIpc) is 2.57. The second kappa shape index (κ2) is 8.44. The fraction of sp³-hybridized carbons (Fsp3) is 0. The average molecular weight is 388 g/mol. The third kappa shape index (κ3) is 4.32. The van der Waals surface area contributed by atoms with Crippen LogP contribution in [0.5, 0.6) is 0 Å². The third-order valence-electron chi connectivity index (χ3n) is 3.22. The first-order valence-electron chi connectivity index (χ1n) is 6.81. The number of benzene rings is 2. The molecule has 2 aromatic heterocycles. The Morgan fingerprint density at radius 1 is 0.565 bits per heavy atom. The van der Waals surface area contributed by atoms with E-state index in [9.17, 15) is 0 Å². The number of aromatic nitrogens is 2. The molecule has 0 saturated heterocycles. The fourth-order valence-corrected chi connectivity index (χ4v) is 2.72. The van der Waals surface area contributed by atoms with E-state index in [-0.39, 0.29) is 19.5 Å². The van der Waals surface area contributed by atoms with Crippen molar-refractivity contribution in [1.82, 2.24) is 9.97 Å². The summed E-state index contributed by atoms with van der Waals surface area (Å²) >= 11 is 8.58. The number of pyridine rings is 2. The third-order valence-corrected chi connectivity index (χ3v) is 3.94. The summed E-state index contributed by atoms with van der Waals surface area (Å²) in [7, 11) is 0. The minimum absolute atomic E-state index is 0. The predicted molar refractivity (Wildman–Crippen MR) is 98.0 cm³/mol. The summed E-state index contributed by atoms with van der Waals surface area (Å²) in [6, 6.07) is 19.8. The Hall–Kier alpha value is -1.42. The first kappa shape index (κ1) is 17.9. The summed E-state index contributed by atoms with van der Waals surface area (Å²) < 4.78 is 0. The summed E-state index contributed by atoms with van der Waals surface area (Å²) in [5.41, 5.74) is 1.94. The van der Waals surface area contributed by atoms with Crippen molar-refractivity contribution in [3.8, 4) is 0 Å². The molecule has 0 amide bonds. The van der Waals surface area contributed by atoms with Gasteiger partial charge in [-0.15, -0.1) is 25.3 Å². The van der Waals surface area contributed by atoms with E-state index in [4.69, 9.17) is 0 Å². The summed E-state index contributed by atoms with van der Waals surface area (Å²) in [5, 5.41) is 2.28. The monoisotopic (exact) mass is 386 g/mol. The molecule has 0 radical (unpaired) electrons. The fourth-order valence-electron chi connectivity index (χ4n) is 2.18. The van der Waals surface area contributed by atoms with Gasteiger partial charge < -0.3 is 0 Å². The topological polar surface area (TPSA) is 25.8 Å². The van der Waals surface area contributed by atoms with Gasteiger partial charge in [-0.3, -0.25) is 9.97 Å². The summed E-state index contributed by atoms with van der Waals surface area (Å²) in [5.74, 6) is 0. The molecule has 0 bridgehead atoms. The Bertz CT molecular complexity index is 841. The van der Waals surface area contributed by atoms with E-state index in [1.165, 1.54) is 0 Å². The first-order valence-corrected chi connectivity index (χ1v) is 7.70. The molecule has 110 valence electrons. The maximum absolute atomic E-state index is 4.29. The van der Waals surface area contributed by atoms with Gasteiger partial charge >= 0.3 is 0 Å². The van der Waals surface area contributed by atoms with E-state index in [1.807, 2.05) is 60.7 Å². The number of nitrogens with zero attached hydrogens (tertiary/aromatic N) is 2. The number of fused-ring (bicyclic) bond motifs is 2. The van der Waals surface area contributed by atoms with Crippen molar-refractivity contribution >= 4 is 47.1 Å². The molecule has 0 N–H and O–H groups in total. The van der Waals surface area contributed by atoms with Gasteiger partial charge in [0.25, 0.3) is 0 Å². The smallest absolute Gasteiger partial charge is 0.0835 e. The Morgan fingerprint density at radius 3 is 1.35 bits per heavy atom. The van der Waals surface area contributed by atoms with Crippen LogP contribution in [0, 0.1) is 0 Å². The molecular weight excluding hydrogens is 374 g/mol. The van der Waals surface area contributed by atoms with E-state index in [2.05, 4.69) is 35.2 Å². The molecule has 0 spiro atoms. The zero-order valence-corrected chi connectivity index (χ0v) is 17.2. The standard InChI is InChI=1S/2C9H7NS.Zn/c2*11-8-5-1-3-7-4-2-6-10-9(7)8;/h2*1-6,11H;. The van der Waals surface area contributed by atoms with Gasteiger partial charge in [0.05, 0.1) is 11.0 Å². The van der Waals surface area contributed by atoms with Crippen LogP contribution in [0.3, 0.4) is 0 Å². The van der Waals surface area contributed by atoms with Gasteiger partial charge in [-0.25, -0.2) is 0 Å². The van der Waals surface area contributed by atoms with Gasteiger partial charge in [0.2, 0.25) is 0 Å². The maximum atomic E-state index is 4.29. The van der Waals surface area contributed by atoms with Crippen molar-refractivity contribution in [1.29, 1.82) is 0 Å². The van der Waals surface area contributed by atoms with Gasteiger partial charge in [0.1, 0.15) is 0 Å². The number of thiol groups is 2. The Balaban J connectivity index is 0.000000160. The van der Waals surface area contributed by atoms with E-state index < -0.39 is 0 Å². The largest absolute Gasteiger partial charge is 0.255 e. The molecule has 0 aliphatic rings. The zero-order chi connectivity index (χ0) is 15.4. The Labute approximate surface area is 158 Å². The summed E-state index contributed by atoms with van der Waals surface area (Å²) in [6.07, 6.45) is 3.56. The minimum atomic E-state index is 0. The molecule has 4 aromatic rings. The number of hydrogen-bond donors (Lipinski definition) is 2. The quantitative estimate of drug-likeness (QED) is 0.326. The van der Waals surface area contributed by atoms with Crippen molar-refractivity contribution in [2.45, 2.75) is 9.79 Å². The van der Waals surface area contributed by atoms with Crippen molar-refractivity contribution in [3.63, 3.8) is 0 Å². The molecule has 0 fully saturated rings. The van der Waals surface area contributed by atoms with Crippen molar-refractivity contribution in [2.75, 3.05) is 0 Å². The van der Waals surface area contributed by atoms with Gasteiger partial charge in [-0.2, -0.15) is 0 Å². The number of rotatable bonds is 0. The van der Waals surface area contributed by atoms with Crippen LogP contribution in [-0.4, -0.2) is 9.97 Å². The van der Waals surface area contributed by atoms with E-state index >= 15 is 0 Å². The van der Waals surface area contributed by atoms with Gasteiger partial charge in [0.15, 0.2) is 0 Å². The van der Waals surface area contributed by atoms with E-state index in [0.29, 0.717) is 0 Å². The van der Waals surface area contributed by atoms with Crippen molar-refractivity contribution in [2.24, 2.45) is 0 Å².